The average Bonchev–Trinajstić information content (AvgIpc) is 3.27. The van der Waals surface area contributed by atoms with E-state index in [1.165, 1.54) is 0 Å². The molecule has 0 aliphatic rings. The molecule has 1 heterocycles. The quantitative estimate of drug-likeness (QED) is 0.242. The summed E-state index contributed by atoms with van der Waals surface area (Å²) in [6, 6.07) is 21.8. The Morgan fingerprint density at radius 2 is 1.56 bits per heavy atom. The maximum atomic E-state index is 11.6. The number of aryl methyl sites for hydroxylation is 1. The number of hydrogen-bond acceptors (Lipinski definition) is 5. The summed E-state index contributed by atoms with van der Waals surface area (Å²) in [7, 11) is 0. The third-order valence-electron chi connectivity index (χ3n) is 5.88. The van der Waals surface area contributed by atoms with Crippen LogP contribution in [0.25, 0.3) is 11.1 Å². The zero-order valence-electron chi connectivity index (χ0n) is 19.9. The highest BCUT2D eigenvalue weighted by Gasteiger charge is 2.15. The van der Waals surface area contributed by atoms with Gasteiger partial charge in [-0.15, -0.1) is 10.2 Å². The van der Waals surface area contributed by atoms with Gasteiger partial charge >= 0.3 is 11.9 Å². The van der Waals surface area contributed by atoms with Crippen molar-refractivity contribution in [2.75, 3.05) is 0 Å². The smallest absolute Gasteiger partial charge is 0.336 e. The SMILES string of the molecule is CCCCc1nnc(SCc2ccc(C(=O)O)cc2)n1Cc1ccc(-c2ccccc2C(=O)O)cc1. The van der Waals surface area contributed by atoms with Crippen molar-refractivity contribution in [2.45, 2.75) is 43.6 Å². The van der Waals surface area contributed by atoms with Crippen molar-refractivity contribution >= 4 is 23.7 Å². The molecule has 0 radical (unpaired) electrons. The maximum Gasteiger partial charge on any atom is 0.336 e. The van der Waals surface area contributed by atoms with Gasteiger partial charge in [0.25, 0.3) is 0 Å². The second-order valence-corrected chi connectivity index (χ2v) is 9.37. The van der Waals surface area contributed by atoms with E-state index in [0.29, 0.717) is 17.9 Å². The minimum Gasteiger partial charge on any atom is -0.478 e. The van der Waals surface area contributed by atoms with Crippen molar-refractivity contribution in [3.63, 3.8) is 0 Å². The Labute approximate surface area is 213 Å². The lowest BCUT2D eigenvalue weighted by Crippen LogP contribution is -2.07. The van der Waals surface area contributed by atoms with E-state index in [4.69, 9.17) is 5.11 Å². The van der Waals surface area contributed by atoms with Crippen LogP contribution >= 0.6 is 11.8 Å². The highest BCUT2D eigenvalue weighted by Crippen LogP contribution is 2.27. The molecule has 0 spiro atoms. The number of rotatable bonds is 11. The minimum absolute atomic E-state index is 0.267. The summed E-state index contributed by atoms with van der Waals surface area (Å²) >= 11 is 1.57. The molecule has 3 aromatic carbocycles. The molecule has 0 saturated carbocycles. The predicted molar refractivity (Wildman–Crippen MR) is 140 cm³/mol. The summed E-state index contributed by atoms with van der Waals surface area (Å²) in [6.45, 7) is 2.75. The second-order valence-electron chi connectivity index (χ2n) is 8.43. The van der Waals surface area contributed by atoms with Crippen molar-refractivity contribution in [2.24, 2.45) is 0 Å². The zero-order chi connectivity index (χ0) is 25.5. The number of carboxylic acids is 2. The van der Waals surface area contributed by atoms with Gasteiger partial charge in [0.15, 0.2) is 5.16 Å². The molecule has 0 unspecified atom stereocenters. The van der Waals surface area contributed by atoms with E-state index < -0.39 is 11.9 Å². The summed E-state index contributed by atoms with van der Waals surface area (Å²) in [4.78, 5) is 22.7. The Bertz CT molecular complexity index is 1350. The Hall–Kier alpha value is -3.91. The molecular formula is C28H27N3O4S. The molecule has 4 aromatic rings. The molecule has 1 aromatic heterocycles. The van der Waals surface area contributed by atoms with Crippen LogP contribution in [0.3, 0.4) is 0 Å². The van der Waals surface area contributed by atoms with Crippen LogP contribution in [0.4, 0.5) is 0 Å². The van der Waals surface area contributed by atoms with Gasteiger partial charge in [-0.3, -0.25) is 0 Å². The Morgan fingerprint density at radius 1 is 0.861 bits per heavy atom. The molecule has 0 aliphatic carbocycles. The third kappa shape index (κ3) is 6.01. The van der Waals surface area contributed by atoms with Crippen molar-refractivity contribution < 1.29 is 19.8 Å². The van der Waals surface area contributed by atoms with Crippen LogP contribution in [0, 0.1) is 0 Å². The fraction of sp³-hybridized carbons (Fsp3) is 0.214. The first-order valence-corrected chi connectivity index (χ1v) is 12.7. The van der Waals surface area contributed by atoms with Gasteiger partial charge in [-0.25, -0.2) is 9.59 Å². The number of aromatic carboxylic acids is 2. The number of aromatic nitrogens is 3. The number of unbranched alkanes of at least 4 members (excludes halogenated alkanes) is 1. The lowest BCUT2D eigenvalue weighted by molar-refractivity contribution is 0.0686. The van der Waals surface area contributed by atoms with Crippen LogP contribution in [0.1, 0.15) is 57.4 Å². The number of nitrogens with zero attached hydrogens (tertiary/aromatic N) is 3. The number of benzene rings is 3. The fourth-order valence-corrected chi connectivity index (χ4v) is 4.80. The minimum atomic E-state index is -0.945. The predicted octanol–water partition coefficient (Wildman–Crippen LogP) is 6.02. The summed E-state index contributed by atoms with van der Waals surface area (Å²) in [6.07, 6.45) is 2.91. The van der Waals surface area contributed by atoms with E-state index in [2.05, 4.69) is 21.7 Å². The summed E-state index contributed by atoms with van der Waals surface area (Å²) < 4.78 is 2.13. The van der Waals surface area contributed by atoms with E-state index in [1.54, 1.807) is 36.0 Å². The molecule has 36 heavy (non-hydrogen) atoms. The summed E-state index contributed by atoms with van der Waals surface area (Å²) in [5.74, 6) is -0.302. The van der Waals surface area contributed by atoms with Gasteiger partial charge in [-0.2, -0.15) is 0 Å². The molecule has 0 bridgehead atoms. The molecule has 7 nitrogen and oxygen atoms in total. The van der Waals surface area contributed by atoms with Crippen molar-refractivity contribution in [1.82, 2.24) is 14.8 Å². The van der Waals surface area contributed by atoms with Crippen LogP contribution in [0.15, 0.2) is 78.0 Å². The zero-order valence-corrected chi connectivity index (χ0v) is 20.7. The lowest BCUT2D eigenvalue weighted by Gasteiger charge is -2.12. The second kappa shape index (κ2) is 11.7. The van der Waals surface area contributed by atoms with Gasteiger partial charge in [0.1, 0.15) is 5.82 Å². The molecule has 0 saturated heterocycles. The van der Waals surface area contributed by atoms with Crippen LogP contribution in [0.2, 0.25) is 0 Å². The molecule has 4 rings (SSSR count). The van der Waals surface area contributed by atoms with Crippen molar-refractivity contribution in [3.05, 3.63) is 101 Å². The van der Waals surface area contributed by atoms with E-state index in [0.717, 1.165) is 46.9 Å². The average molecular weight is 502 g/mol. The van der Waals surface area contributed by atoms with E-state index in [1.807, 2.05) is 48.5 Å². The Morgan fingerprint density at radius 3 is 2.22 bits per heavy atom. The normalized spacial score (nSPS) is 10.9. The Kier molecular flexibility index (Phi) is 8.17. The summed E-state index contributed by atoms with van der Waals surface area (Å²) in [5.41, 5.74) is 4.16. The van der Waals surface area contributed by atoms with Crippen LogP contribution in [0.5, 0.6) is 0 Å². The molecule has 8 heteroatoms. The highest BCUT2D eigenvalue weighted by molar-refractivity contribution is 7.98. The first-order chi connectivity index (χ1) is 17.5. The van der Waals surface area contributed by atoms with E-state index in [-0.39, 0.29) is 11.1 Å². The largest absolute Gasteiger partial charge is 0.478 e. The highest BCUT2D eigenvalue weighted by atomic mass is 32.2. The van der Waals surface area contributed by atoms with Gasteiger partial charge in [-0.1, -0.05) is 79.7 Å². The van der Waals surface area contributed by atoms with E-state index in [9.17, 15) is 14.7 Å². The molecule has 2 N–H and O–H groups in total. The first kappa shape index (κ1) is 25.2. The van der Waals surface area contributed by atoms with Crippen LogP contribution < -0.4 is 0 Å². The monoisotopic (exact) mass is 501 g/mol. The molecule has 0 fully saturated rings. The number of carbonyl (C=O) groups is 2. The lowest BCUT2D eigenvalue weighted by atomic mass is 9.99. The molecule has 184 valence electrons. The van der Waals surface area contributed by atoms with Crippen LogP contribution in [-0.4, -0.2) is 36.9 Å². The number of thioether (sulfide) groups is 1. The van der Waals surface area contributed by atoms with Gasteiger partial charge in [0.2, 0.25) is 0 Å². The Balaban J connectivity index is 1.54. The number of hydrogen-bond donors (Lipinski definition) is 2. The van der Waals surface area contributed by atoms with E-state index >= 15 is 0 Å². The van der Waals surface area contributed by atoms with Gasteiger partial charge in [-0.05, 0) is 46.9 Å². The van der Waals surface area contributed by atoms with Gasteiger partial charge in [0.05, 0.1) is 17.7 Å². The first-order valence-electron chi connectivity index (χ1n) is 11.7. The fourth-order valence-electron chi connectivity index (χ4n) is 3.89. The molecule has 0 atom stereocenters. The van der Waals surface area contributed by atoms with Gasteiger partial charge < -0.3 is 14.8 Å². The number of carboxylic acid groups (broad SMARTS) is 2. The van der Waals surface area contributed by atoms with Gasteiger partial charge in [0, 0.05) is 12.2 Å². The molecule has 0 aliphatic heterocycles. The third-order valence-corrected chi connectivity index (χ3v) is 6.92. The summed E-state index contributed by atoms with van der Waals surface area (Å²) in [5, 5.41) is 28.3. The standard InChI is InChI=1S/C28H27N3O4S/c1-2-3-8-25-29-30-28(36-18-20-11-15-22(16-12-20)26(32)33)31(25)17-19-9-13-21(14-10-19)23-6-4-5-7-24(23)27(34)35/h4-7,9-16H,2-3,8,17-18H2,1H3,(H,32,33)(H,34,35). The molecule has 0 amide bonds. The van der Waals surface area contributed by atoms with Crippen molar-refractivity contribution in [3.8, 4) is 11.1 Å². The van der Waals surface area contributed by atoms with Crippen LogP contribution in [-0.2, 0) is 18.7 Å². The topological polar surface area (TPSA) is 105 Å². The maximum absolute atomic E-state index is 11.6. The van der Waals surface area contributed by atoms with Crippen molar-refractivity contribution in [1.29, 1.82) is 0 Å². The molecular weight excluding hydrogens is 474 g/mol.